The molecule has 0 saturated carbocycles. The molecule has 1 aromatic heterocycles. The third-order valence-electron chi connectivity index (χ3n) is 3.94. The maximum absolute atomic E-state index is 12.5. The fourth-order valence-corrected chi connectivity index (χ4v) is 2.50. The van der Waals surface area contributed by atoms with Gasteiger partial charge >= 0.3 is 12.1 Å². The van der Waals surface area contributed by atoms with Crippen LogP contribution in [0.5, 0.6) is 0 Å². The molecule has 0 unspecified atom stereocenters. The van der Waals surface area contributed by atoms with Crippen LogP contribution in [-0.4, -0.2) is 27.5 Å². The highest BCUT2D eigenvalue weighted by molar-refractivity contribution is 5.75. The summed E-state index contributed by atoms with van der Waals surface area (Å²) >= 11 is 0. The summed E-state index contributed by atoms with van der Waals surface area (Å²) in [6.45, 7) is 5.10. The molecule has 0 aliphatic carbocycles. The zero-order chi connectivity index (χ0) is 19.2. The van der Waals surface area contributed by atoms with Gasteiger partial charge in [0, 0.05) is 25.1 Å². The summed E-state index contributed by atoms with van der Waals surface area (Å²) in [5, 5.41) is 3.36. The predicted molar refractivity (Wildman–Crippen MR) is 90.0 cm³/mol. The van der Waals surface area contributed by atoms with E-state index in [0.717, 1.165) is 24.8 Å². The van der Waals surface area contributed by atoms with Crippen molar-refractivity contribution in [3.8, 4) is 11.4 Å². The number of carbonyl (C=O) groups excluding carboxylic acids is 1. The lowest BCUT2D eigenvalue weighted by Gasteiger charge is -2.22. The number of hydrogen-bond acceptors (Lipinski definition) is 4. The van der Waals surface area contributed by atoms with Crippen molar-refractivity contribution < 1.29 is 22.5 Å². The van der Waals surface area contributed by atoms with Gasteiger partial charge in [-0.25, -0.2) is 0 Å². The first-order valence-electron chi connectivity index (χ1n) is 8.63. The van der Waals surface area contributed by atoms with Crippen molar-refractivity contribution in [3.05, 3.63) is 35.7 Å². The van der Waals surface area contributed by atoms with Gasteiger partial charge in [-0.05, 0) is 12.0 Å². The highest BCUT2D eigenvalue weighted by Crippen LogP contribution is 2.29. The molecule has 0 spiro atoms. The van der Waals surface area contributed by atoms with E-state index in [-0.39, 0.29) is 11.7 Å². The summed E-state index contributed by atoms with van der Waals surface area (Å²) in [6.07, 6.45) is -1.14. The van der Waals surface area contributed by atoms with Crippen molar-refractivity contribution in [2.24, 2.45) is 0 Å². The maximum Gasteiger partial charge on any atom is 0.471 e. The van der Waals surface area contributed by atoms with E-state index in [1.165, 1.54) is 0 Å². The number of nitrogens with zero attached hydrogens (tertiary/aromatic N) is 3. The number of halogens is 3. The van der Waals surface area contributed by atoms with Crippen LogP contribution in [0.25, 0.3) is 11.4 Å². The Hall–Kier alpha value is -2.38. The first-order valence-corrected chi connectivity index (χ1v) is 8.63. The Labute approximate surface area is 150 Å². The van der Waals surface area contributed by atoms with E-state index >= 15 is 0 Å². The molecule has 0 radical (unpaired) electrons. The van der Waals surface area contributed by atoms with Crippen molar-refractivity contribution in [2.45, 2.75) is 52.3 Å². The Bertz CT molecular complexity index is 711. The SMILES string of the molecule is CCCCCN(Cc1ccc(-c2noc(C(F)(F)F)n2)cc1)C(=O)CC. The summed E-state index contributed by atoms with van der Waals surface area (Å²) in [7, 11) is 0. The molecule has 1 amide bonds. The van der Waals surface area contributed by atoms with Gasteiger partial charge in [0.1, 0.15) is 0 Å². The maximum atomic E-state index is 12.5. The molecule has 1 aromatic carbocycles. The molecule has 26 heavy (non-hydrogen) atoms. The van der Waals surface area contributed by atoms with Crippen LogP contribution in [-0.2, 0) is 17.5 Å². The fourth-order valence-electron chi connectivity index (χ4n) is 2.50. The molecule has 5 nitrogen and oxygen atoms in total. The molecule has 0 aliphatic rings. The van der Waals surface area contributed by atoms with Gasteiger partial charge in [0.05, 0.1) is 0 Å². The standard InChI is InChI=1S/C18H22F3N3O2/c1-3-5-6-11-24(15(25)4-2)12-13-7-9-14(10-8-13)16-22-17(26-23-16)18(19,20)21/h7-10H,3-6,11-12H2,1-2H3. The fraction of sp³-hybridized carbons (Fsp3) is 0.500. The van der Waals surface area contributed by atoms with Crippen molar-refractivity contribution in [2.75, 3.05) is 6.54 Å². The molecule has 0 fully saturated rings. The smallest absolute Gasteiger partial charge is 0.338 e. The highest BCUT2D eigenvalue weighted by Gasteiger charge is 2.38. The van der Waals surface area contributed by atoms with Crippen molar-refractivity contribution in [1.82, 2.24) is 15.0 Å². The van der Waals surface area contributed by atoms with Crippen LogP contribution in [0.2, 0.25) is 0 Å². The zero-order valence-electron chi connectivity index (χ0n) is 14.8. The van der Waals surface area contributed by atoms with Crippen LogP contribution in [0.15, 0.2) is 28.8 Å². The van der Waals surface area contributed by atoms with Gasteiger partial charge in [-0.2, -0.15) is 18.2 Å². The molecule has 142 valence electrons. The van der Waals surface area contributed by atoms with Gasteiger partial charge < -0.3 is 9.42 Å². The molecule has 2 rings (SSSR count). The normalized spacial score (nSPS) is 11.6. The molecule has 0 saturated heterocycles. The van der Waals surface area contributed by atoms with Crippen LogP contribution >= 0.6 is 0 Å². The van der Waals surface area contributed by atoms with Gasteiger partial charge in [-0.1, -0.05) is 56.1 Å². The number of unbranched alkanes of at least 4 members (excludes halogenated alkanes) is 2. The number of hydrogen-bond donors (Lipinski definition) is 0. The van der Waals surface area contributed by atoms with Crippen LogP contribution in [0, 0.1) is 0 Å². The van der Waals surface area contributed by atoms with Crippen LogP contribution in [0.4, 0.5) is 13.2 Å². The minimum atomic E-state index is -4.66. The first kappa shape index (κ1) is 19.9. The van der Waals surface area contributed by atoms with Gasteiger partial charge in [-0.3, -0.25) is 4.79 Å². The average molecular weight is 369 g/mol. The highest BCUT2D eigenvalue weighted by atomic mass is 19.4. The van der Waals surface area contributed by atoms with E-state index in [1.807, 2.05) is 6.92 Å². The second-order valence-electron chi connectivity index (χ2n) is 5.99. The lowest BCUT2D eigenvalue weighted by Crippen LogP contribution is -2.30. The molecular weight excluding hydrogens is 347 g/mol. The monoisotopic (exact) mass is 369 g/mol. The molecule has 1 heterocycles. The summed E-state index contributed by atoms with van der Waals surface area (Å²) in [6, 6.07) is 6.77. The summed E-state index contributed by atoms with van der Waals surface area (Å²) in [5.41, 5.74) is 1.32. The Kier molecular flexibility index (Phi) is 6.76. The Balaban J connectivity index is 2.07. The third kappa shape index (κ3) is 5.31. The quantitative estimate of drug-likeness (QED) is 0.634. The van der Waals surface area contributed by atoms with E-state index < -0.39 is 12.1 Å². The van der Waals surface area contributed by atoms with Crippen molar-refractivity contribution >= 4 is 5.91 Å². The lowest BCUT2D eigenvalue weighted by molar-refractivity contribution is -0.159. The second-order valence-corrected chi connectivity index (χ2v) is 5.99. The molecule has 8 heteroatoms. The number of rotatable bonds is 8. The predicted octanol–water partition coefficient (Wildman–Crippen LogP) is 4.68. The minimum absolute atomic E-state index is 0.0816. The van der Waals surface area contributed by atoms with E-state index in [9.17, 15) is 18.0 Å². The molecule has 0 bridgehead atoms. The topological polar surface area (TPSA) is 59.2 Å². The second kappa shape index (κ2) is 8.82. The number of carbonyl (C=O) groups is 1. The lowest BCUT2D eigenvalue weighted by atomic mass is 10.1. The van der Waals surface area contributed by atoms with E-state index in [0.29, 0.717) is 25.1 Å². The third-order valence-corrected chi connectivity index (χ3v) is 3.94. The molecule has 0 N–H and O–H groups in total. The van der Waals surface area contributed by atoms with Crippen LogP contribution < -0.4 is 0 Å². The molecule has 2 aromatic rings. The number of amides is 1. The minimum Gasteiger partial charge on any atom is -0.338 e. The Morgan fingerprint density at radius 1 is 1.15 bits per heavy atom. The largest absolute Gasteiger partial charge is 0.471 e. The van der Waals surface area contributed by atoms with Gasteiger partial charge in [-0.15, -0.1) is 0 Å². The van der Waals surface area contributed by atoms with Crippen LogP contribution in [0.3, 0.4) is 0 Å². The zero-order valence-corrected chi connectivity index (χ0v) is 14.8. The van der Waals surface area contributed by atoms with E-state index in [2.05, 4.69) is 21.6 Å². The van der Waals surface area contributed by atoms with Crippen molar-refractivity contribution in [3.63, 3.8) is 0 Å². The Morgan fingerprint density at radius 3 is 2.38 bits per heavy atom. The van der Waals surface area contributed by atoms with E-state index in [1.54, 1.807) is 29.2 Å². The van der Waals surface area contributed by atoms with Gasteiger partial charge in [0.25, 0.3) is 0 Å². The molecule has 0 aliphatic heterocycles. The number of aromatic nitrogens is 2. The summed E-state index contributed by atoms with van der Waals surface area (Å²) < 4.78 is 41.8. The molecule has 0 atom stereocenters. The van der Waals surface area contributed by atoms with E-state index in [4.69, 9.17) is 0 Å². The van der Waals surface area contributed by atoms with Crippen LogP contribution in [0.1, 0.15) is 51.0 Å². The number of benzene rings is 1. The summed E-state index contributed by atoms with van der Waals surface area (Å²) in [4.78, 5) is 17.3. The first-order chi connectivity index (χ1) is 12.3. The van der Waals surface area contributed by atoms with Crippen molar-refractivity contribution in [1.29, 1.82) is 0 Å². The average Bonchev–Trinajstić information content (AvgIpc) is 3.11. The van der Waals surface area contributed by atoms with Gasteiger partial charge in [0.2, 0.25) is 11.7 Å². The number of alkyl halides is 3. The van der Waals surface area contributed by atoms with Gasteiger partial charge in [0.15, 0.2) is 0 Å². The molecular formula is C18H22F3N3O2. The summed E-state index contributed by atoms with van der Waals surface area (Å²) in [5.74, 6) is -1.40. The Morgan fingerprint density at radius 2 is 1.85 bits per heavy atom.